The van der Waals surface area contributed by atoms with Gasteiger partial charge in [-0.3, -0.25) is 9.59 Å². The zero-order valence-corrected chi connectivity index (χ0v) is 11.6. The molecular formula is C16H15NO4. The van der Waals surface area contributed by atoms with Crippen LogP contribution in [0.2, 0.25) is 0 Å². The van der Waals surface area contributed by atoms with Gasteiger partial charge in [-0.15, -0.1) is 0 Å². The standard InChI is InChI=1S/C16H15NO4/c1-10-2-4-11(5-3-10)8-12-6-7-17-15(12)13(18)9-14(19)16(20)21/h2-7,17H,8-9H2,1H3,(H,20,21). The summed E-state index contributed by atoms with van der Waals surface area (Å²) in [5, 5.41) is 8.55. The quantitative estimate of drug-likeness (QED) is 0.483. The van der Waals surface area contributed by atoms with E-state index < -0.39 is 24.0 Å². The van der Waals surface area contributed by atoms with Crippen molar-refractivity contribution in [2.24, 2.45) is 0 Å². The maximum Gasteiger partial charge on any atom is 0.372 e. The van der Waals surface area contributed by atoms with Crippen LogP contribution in [0.25, 0.3) is 0 Å². The molecule has 108 valence electrons. The van der Waals surface area contributed by atoms with Crippen LogP contribution in [0.5, 0.6) is 0 Å². The Bertz CT molecular complexity index is 683. The Morgan fingerprint density at radius 2 is 1.76 bits per heavy atom. The monoisotopic (exact) mass is 285 g/mol. The first-order valence-corrected chi connectivity index (χ1v) is 6.48. The van der Waals surface area contributed by atoms with Crippen molar-refractivity contribution in [3.8, 4) is 0 Å². The summed E-state index contributed by atoms with van der Waals surface area (Å²) in [6.45, 7) is 1.99. The van der Waals surface area contributed by atoms with Crippen LogP contribution < -0.4 is 0 Å². The topological polar surface area (TPSA) is 87.2 Å². The molecule has 2 aromatic rings. The third-order valence-electron chi connectivity index (χ3n) is 3.19. The van der Waals surface area contributed by atoms with Gasteiger partial charge in [0.15, 0.2) is 5.78 Å². The highest BCUT2D eigenvalue weighted by molar-refractivity contribution is 6.37. The van der Waals surface area contributed by atoms with Gasteiger partial charge in [-0.25, -0.2) is 4.79 Å². The maximum atomic E-state index is 12.0. The van der Waals surface area contributed by atoms with Gasteiger partial charge >= 0.3 is 5.97 Å². The number of aryl methyl sites for hydroxylation is 1. The number of carbonyl (C=O) groups is 3. The van der Waals surface area contributed by atoms with Gasteiger partial charge in [0.2, 0.25) is 5.78 Å². The van der Waals surface area contributed by atoms with E-state index in [2.05, 4.69) is 4.98 Å². The first-order valence-electron chi connectivity index (χ1n) is 6.48. The highest BCUT2D eigenvalue weighted by Crippen LogP contribution is 2.15. The number of hydrogen-bond acceptors (Lipinski definition) is 3. The van der Waals surface area contributed by atoms with Crippen molar-refractivity contribution in [1.82, 2.24) is 4.98 Å². The Morgan fingerprint density at radius 3 is 2.38 bits per heavy atom. The third kappa shape index (κ3) is 3.66. The molecule has 0 amide bonds. The second-order valence-electron chi connectivity index (χ2n) is 4.87. The van der Waals surface area contributed by atoms with E-state index in [-0.39, 0.29) is 0 Å². The van der Waals surface area contributed by atoms with E-state index in [1.54, 1.807) is 12.3 Å². The number of H-pyrrole nitrogens is 1. The van der Waals surface area contributed by atoms with E-state index in [1.807, 2.05) is 31.2 Å². The van der Waals surface area contributed by atoms with E-state index in [9.17, 15) is 14.4 Å². The summed E-state index contributed by atoms with van der Waals surface area (Å²) < 4.78 is 0. The molecule has 0 aliphatic heterocycles. The number of hydrogen-bond donors (Lipinski definition) is 2. The van der Waals surface area contributed by atoms with E-state index in [0.717, 1.165) is 16.7 Å². The lowest BCUT2D eigenvalue weighted by Crippen LogP contribution is -2.18. The summed E-state index contributed by atoms with van der Waals surface area (Å²) in [5.41, 5.74) is 3.24. The predicted octanol–water partition coefficient (Wildman–Crippen LogP) is 2.14. The van der Waals surface area contributed by atoms with Crippen LogP contribution in [0, 0.1) is 6.92 Å². The molecule has 0 bridgehead atoms. The van der Waals surface area contributed by atoms with E-state index in [1.165, 1.54) is 0 Å². The Balaban J connectivity index is 2.14. The molecule has 0 atom stereocenters. The molecule has 0 spiro atoms. The van der Waals surface area contributed by atoms with Gasteiger partial charge in [0.25, 0.3) is 0 Å². The lowest BCUT2D eigenvalue weighted by atomic mass is 10.0. The molecular weight excluding hydrogens is 270 g/mol. The second kappa shape index (κ2) is 6.17. The zero-order valence-electron chi connectivity index (χ0n) is 11.6. The van der Waals surface area contributed by atoms with Crippen LogP contribution in [-0.2, 0) is 16.0 Å². The molecule has 5 nitrogen and oxygen atoms in total. The van der Waals surface area contributed by atoms with Crippen molar-refractivity contribution >= 4 is 17.5 Å². The number of carbonyl (C=O) groups excluding carboxylic acids is 2. The molecule has 0 fully saturated rings. The minimum Gasteiger partial charge on any atom is -0.475 e. The summed E-state index contributed by atoms with van der Waals surface area (Å²) in [6, 6.07) is 9.67. The van der Waals surface area contributed by atoms with Crippen LogP contribution in [0.1, 0.15) is 33.6 Å². The zero-order chi connectivity index (χ0) is 15.4. The smallest absolute Gasteiger partial charge is 0.372 e. The minimum absolute atomic E-state index is 0.296. The van der Waals surface area contributed by atoms with Crippen molar-refractivity contribution in [3.63, 3.8) is 0 Å². The van der Waals surface area contributed by atoms with Crippen molar-refractivity contribution in [2.75, 3.05) is 0 Å². The molecule has 2 N–H and O–H groups in total. The minimum atomic E-state index is -1.59. The number of benzene rings is 1. The van der Waals surface area contributed by atoms with Gasteiger partial charge in [-0.2, -0.15) is 0 Å². The normalized spacial score (nSPS) is 10.3. The first-order chi connectivity index (χ1) is 9.97. The fourth-order valence-electron chi connectivity index (χ4n) is 2.04. The molecule has 0 saturated heterocycles. The number of aromatic amines is 1. The summed E-state index contributed by atoms with van der Waals surface area (Å²) in [5.74, 6) is -3.19. The van der Waals surface area contributed by atoms with Crippen molar-refractivity contribution in [2.45, 2.75) is 19.8 Å². The third-order valence-corrected chi connectivity index (χ3v) is 3.19. The highest BCUT2D eigenvalue weighted by atomic mass is 16.4. The average molecular weight is 285 g/mol. The van der Waals surface area contributed by atoms with Gasteiger partial charge in [0.05, 0.1) is 12.1 Å². The summed E-state index contributed by atoms with van der Waals surface area (Å²) in [6.07, 6.45) is 1.53. The van der Waals surface area contributed by atoms with Crippen LogP contribution in [0.4, 0.5) is 0 Å². The summed E-state index contributed by atoms with van der Waals surface area (Å²) >= 11 is 0. The number of Topliss-reactive ketones (excluding diaryl/α,β-unsaturated/α-hetero) is 2. The Morgan fingerprint density at radius 1 is 1.10 bits per heavy atom. The molecule has 1 heterocycles. The molecule has 5 heteroatoms. The second-order valence-corrected chi connectivity index (χ2v) is 4.87. The Labute approximate surface area is 121 Å². The lowest BCUT2D eigenvalue weighted by molar-refractivity contribution is -0.148. The van der Waals surface area contributed by atoms with Crippen LogP contribution in [0.3, 0.4) is 0 Å². The average Bonchev–Trinajstić information content (AvgIpc) is 2.89. The molecule has 2 rings (SSSR count). The summed E-state index contributed by atoms with van der Waals surface area (Å²) in [7, 11) is 0. The largest absolute Gasteiger partial charge is 0.475 e. The van der Waals surface area contributed by atoms with Crippen molar-refractivity contribution < 1.29 is 19.5 Å². The Hall–Kier alpha value is -2.69. The van der Waals surface area contributed by atoms with E-state index in [4.69, 9.17) is 5.11 Å². The molecule has 1 aromatic heterocycles. The molecule has 1 aromatic carbocycles. The van der Waals surface area contributed by atoms with Gasteiger partial charge in [0, 0.05) is 6.20 Å². The fourth-order valence-corrected chi connectivity index (χ4v) is 2.04. The molecule has 0 unspecified atom stereocenters. The first kappa shape index (κ1) is 14.7. The molecule has 0 saturated carbocycles. The summed E-state index contributed by atoms with van der Waals surface area (Å²) in [4.78, 5) is 36.4. The predicted molar refractivity (Wildman–Crippen MR) is 76.4 cm³/mol. The van der Waals surface area contributed by atoms with E-state index >= 15 is 0 Å². The number of rotatable bonds is 6. The van der Waals surface area contributed by atoms with Gasteiger partial charge in [0.1, 0.15) is 0 Å². The maximum absolute atomic E-state index is 12.0. The van der Waals surface area contributed by atoms with Crippen molar-refractivity contribution in [1.29, 1.82) is 0 Å². The molecule has 0 aliphatic carbocycles. The number of carboxylic acid groups (broad SMARTS) is 1. The van der Waals surface area contributed by atoms with Gasteiger partial charge in [-0.05, 0) is 30.5 Å². The molecule has 0 aliphatic rings. The number of aromatic nitrogens is 1. The number of ketones is 2. The number of aliphatic carboxylic acids is 1. The number of nitrogens with one attached hydrogen (secondary N) is 1. The highest BCUT2D eigenvalue weighted by Gasteiger charge is 2.20. The van der Waals surface area contributed by atoms with Crippen LogP contribution >= 0.6 is 0 Å². The van der Waals surface area contributed by atoms with Gasteiger partial charge in [-0.1, -0.05) is 29.8 Å². The van der Waals surface area contributed by atoms with Crippen LogP contribution in [0.15, 0.2) is 36.5 Å². The molecule has 0 radical (unpaired) electrons. The van der Waals surface area contributed by atoms with E-state index in [0.29, 0.717) is 12.1 Å². The fraction of sp³-hybridized carbons (Fsp3) is 0.188. The SMILES string of the molecule is Cc1ccc(Cc2cc[nH]c2C(=O)CC(=O)C(=O)O)cc1. The van der Waals surface area contributed by atoms with Crippen molar-refractivity contribution in [3.05, 3.63) is 58.9 Å². The Kier molecular flexibility index (Phi) is 4.33. The lowest BCUT2D eigenvalue weighted by Gasteiger charge is -2.04. The van der Waals surface area contributed by atoms with Crippen LogP contribution in [-0.4, -0.2) is 27.6 Å². The molecule has 21 heavy (non-hydrogen) atoms. The number of carboxylic acids is 1. The van der Waals surface area contributed by atoms with Gasteiger partial charge < -0.3 is 10.1 Å².